The summed E-state index contributed by atoms with van der Waals surface area (Å²) >= 11 is 5.82. The van der Waals surface area contributed by atoms with Crippen molar-refractivity contribution in [3.8, 4) is 17.6 Å². The third-order valence-corrected chi connectivity index (χ3v) is 2.68. The van der Waals surface area contributed by atoms with Gasteiger partial charge in [-0.05, 0) is 42.8 Å². The molecule has 2 aromatic carbocycles. The van der Waals surface area contributed by atoms with Gasteiger partial charge in [-0.25, -0.2) is 0 Å². The van der Waals surface area contributed by atoms with Gasteiger partial charge in [0.25, 0.3) is 0 Å². The molecule has 0 spiro atoms. The molecule has 2 N–H and O–H groups in total. The van der Waals surface area contributed by atoms with Gasteiger partial charge in [-0.2, -0.15) is 5.26 Å². The second-order valence-electron chi connectivity index (χ2n) is 3.90. The normalized spacial score (nSPS) is 9.83. The van der Waals surface area contributed by atoms with Gasteiger partial charge in [-0.1, -0.05) is 17.7 Å². The number of nitriles is 1. The summed E-state index contributed by atoms with van der Waals surface area (Å²) in [6.07, 6.45) is 0. The van der Waals surface area contributed by atoms with Crippen LogP contribution in [0.5, 0.6) is 11.5 Å². The quantitative estimate of drug-likeness (QED) is 0.831. The van der Waals surface area contributed by atoms with Crippen molar-refractivity contribution in [3.63, 3.8) is 0 Å². The molecule has 0 aliphatic heterocycles. The lowest BCUT2D eigenvalue weighted by molar-refractivity contribution is 0.483. The molecule has 0 aromatic heterocycles. The molecule has 2 aromatic rings. The van der Waals surface area contributed by atoms with Gasteiger partial charge in [-0.15, -0.1) is 0 Å². The maximum absolute atomic E-state index is 9.02. The number of anilines is 1. The predicted octanol–water partition coefficient (Wildman–Crippen LogP) is 3.89. The number of benzene rings is 2. The topological polar surface area (TPSA) is 59.0 Å². The first-order valence-electron chi connectivity index (χ1n) is 5.34. The van der Waals surface area contributed by atoms with Gasteiger partial charge in [0.2, 0.25) is 0 Å². The first kappa shape index (κ1) is 12.3. The largest absolute Gasteiger partial charge is 0.454 e. The average molecular weight is 259 g/mol. The van der Waals surface area contributed by atoms with E-state index in [4.69, 9.17) is 27.3 Å². The molecular weight excluding hydrogens is 248 g/mol. The van der Waals surface area contributed by atoms with E-state index in [9.17, 15) is 0 Å². The first-order chi connectivity index (χ1) is 8.60. The molecule has 0 unspecified atom stereocenters. The Morgan fingerprint density at radius 3 is 2.61 bits per heavy atom. The fourth-order valence-corrected chi connectivity index (χ4v) is 1.72. The molecule has 3 nitrogen and oxygen atoms in total. The van der Waals surface area contributed by atoms with Crippen LogP contribution in [0.1, 0.15) is 11.1 Å². The number of aryl methyl sites for hydroxylation is 1. The molecule has 0 saturated carbocycles. The highest BCUT2D eigenvalue weighted by Gasteiger charge is 2.07. The maximum atomic E-state index is 9.02. The number of nitrogens with two attached hydrogens (primary N) is 1. The van der Waals surface area contributed by atoms with E-state index >= 15 is 0 Å². The summed E-state index contributed by atoms with van der Waals surface area (Å²) in [6.45, 7) is 1.93. The van der Waals surface area contributed by atoms with E-state index in [0.717, 1.165) is 5.56 Å². The van der Waals surface area contributed by atoms with Crippen molar-refractivity contribution in [3.05, 3.63) is 52.5 Å². The number of hydrogen-bond donors (Lipinski definition) is 1. The first-order valence-corrected chi connectivity index (χ1v) is 5.71. The smallest absolute Gasteiger partial charge is 0.150 e. The van der Waals surface area contributed by atoms with Crippen LogP contribution in [0.4, 0.5) is 5.69 Å². The summed E-state index contributed by atoms with van der Waals surface area (Å²) in [5.41, 5.74) is 7.72. The minimum atomic E-state index is 0.438. The Balaban J connectivity index is 2.40. The van der Waals surface area contributed by atoms with Gasteiger partial charge < -0.3 is 10.5 Å². The highest BCUT2D eigenvalue weighted by molar-refractivity contribution is 6.30. The molecule has 0 fully saturated rings. The Labute approximate surface area is 110 Å². The van der Waals surface area contributed by atoms with Crippen LogP contribution in [0.25, 0.3) is 0 Å². The van der Waals surface area contributed by atoms with Crippen molar-refractivity contribution in [2.75, 3.05) is 5.73 Å². The van der Waals surface area contributed by atoms with E-state index in [1.54, 1.807) is 30.3 Å². The van der Waals surface area contributed by atoms with E-state index in [2.05, 4.69) is 6.07 Å². The van der Waals surface area contributed by atoms with E-state index < -0.39 is 0 Å². The molecule has 0 atom stereocenters. The summed E-state index contributed by atoms with van der Waals surface area (Å²) in [5.74, 6) is 0.980. The summed E-state index contributed by atoms with van der Waals surface area (Å²) < 4.78 is 5.66. The highest BCUT2D eigenvalue weighted by Crippen LogP contribution is 2.31. The van der Waals surface area contributed by atoms with Gasteiger partial charge in [-0.3, -0.25) is 0 Å². The zero-order chi connectivity index (χ0) is 13.1. The van der Waals surface area contributed by atoms with Gasteiger partial charge in [0.1, 0.15) is 17.6 Å². The fraction of sp³-hybridized carbons (Fsp3) is 0.0714. The number of rotatable bonds is 2. The molecule has 2 rings (SSSR count). The lowest BCUT2D eigenvalue weighted by Gasteiger charge is -2.10. The number of hydrogen-bond acceptors (Lipinski definition) is 3. The number of nitrogen functional groups attached to an aromatic ring is 1. The molecule has 0 saturated heterocycles. The molecule has 90 valence electrons. The Hall–Kier alpha value is -2.18. The van der Waals surface area contributed by atoms with Crippen LogP contribution in [0.2, 0.25) is 5.02 Å². The van der Waals surface area contributed by atoms with E-state index in [1.807, 2.05) is 13.0 Å². The van der Waals surface area contributed by atoms with E-state index in [1.165, 1.54) is 0 Å². The van der Waals surface area contributed by atoms with Gasteiger partial charge in [0.05, 0.1) is 11.3 Å². The van der Waals surface area contributed by atoms with Gasteiger partial charge in [0, 0.05) is 5.02 Å². The lowest BCUT2D eigenvalue weighted by Crippen LogP contribution is -1.94. The standard InChI is InChI=1S/C14H11ClN2O/c1-9-2-3-10(8-16)14(6-9)18-13-5-4-11(15)7-12(13)17/h2-7H,17H2,1H3. The second kappa shape index (κ2) is 4.99. The average Bonchev–Trinajstić information content (AvgIpc) is 2.33. The zero-order valence-corrected chi connectivity index (χ0v) is 10.5. The molecule has 18 heavy (non-hydrogen) atoms. The number of halogens is 1. The van der Waals surface area contributed by atoms with Gasteiger partial charge in [0.15, 0.2) is 0 Å². The second-order valence-corrected chi connectivity index (χ2v) is 4.33. The minimum absolute atomic E-state index is 0.438. The molecule has 0 radical (unpaired) electrons. The van der Waals surface area contributed by atoms with Crippen molar-refractivity contribution < 1.29 is 4.74 Å². The van der Waals surface area contributed by atoms with Crippen LogP contribution in [0.3, 0.4) is 0 Å². The molecule has 0 heterocycles. The summed E-state index contributed by atoms with van der Waals surface area (Å²) in [6, 6.07) is 12.4. The Morgan fingerprint density at radius 2 is 1.94 bits per heavy atom. The summed E-state index contributed by atoms with van der Waals surface area (Å²) in [7, 11) is 0. The zero-order valence-electron chi connectivity index (χ0n) is 9.77. The monoisotopic (exact) mass is 258 g/mol. The minimum Gasteiger partial charge on any atom is -0.454 e. The highest BCUT2D eigenvalue weighted by atomic mass is 35.5. The molecule has 0 bridgehead atoms. The molecular formula is C14H11ClN2O. The molecule has 0 amide bonds. The third kappa shape index (κ3) is 2.55. The van der Waals surface area contributed by atoms with Crippen LogP contribution in [0, 0.1) is 18.3 Å². The third-order valence-electron chi connectivity index (χ3n) is 2.45. The summed E-state index contributed by atoms with van der Waals surface area (Å²) in [4.78, 5) is 0. The van der Waals surface area contributed by atoms with Gasteiger partial charge >= 0.3 is 0 Å². The molecule has 4 heteroatoms. The van der Waals surface area contributed by atoms with Crippen LogP contribution in [-0.4, -0.2) is 0 Å². The van der Waals surface area contributed by atoms with Crippen molar-refractivity contribution in [2.24, 2.45) is 0 Å². The van der Waals surface area contributed by atoms with Crippen molar-refractivity contribution in [1.82, 2.24) is 0 Å². The molecule has 0 aliphatic carbocycles. The van der Waals surface area contributed by atoms with Crippen molar-refractivity contribution >= 4 is 17.3 Å². The number of nitrogens with zero attached hydrogens (tertiary/aromatic N) is 1. The molecule has 0 aliphatic rings. The van der Waals surface area contributed by atoms with Crippen molar-refractivity contribution in [1.29, 1.82) is 5.26 Å². The fourth-order valence-electron chi connectivity index (χ4n) is 1.54. The Morgan fingerprint density at radius 1 is 1.17 bits per heavy atom. The van der Waals surface area contributed by atoms with Crippen LogP contribution >= 0.6 is 11.6 Å². The maximum Gasteiger partial charge on any atom is 0.150 e. The van der Waals surface area contributed by atoms with Crippen molar-refractivity contribution in [2.45, 2.75) is 6.92 Å². The Kier molecular flexibility index (Phi) is 3.40. The van der Waals surface area contributed by atoms with Crippen LogP contribution in [0.15, 0.2) is 36.4 Å². The van der Waals surface area contributed by atoms with E-state index in [0.29, 0.717) is 27.8 Å². The predicted molar refractivity (Wildman–Crippen MR) is 71.8 cm³/mol. The van der Waals surface area contributed by atoms with Crippen LogP contribution in [-0.2, 0) is 0 Å². The summed E-state index contributed by atoms with van der Waals surface area (Å²) in [5, 5.41) is 9.56. The lowest BCUT2D eigenvalue weighted by atomic mass is 10.1. The van der Waals surface area contributed by atoms with E-state index in [-0.39, 0.29) is 0 Å². The van der Waals surface area contributed by atoms with Crippen LogP contribution < -0.4 is 10.5 Å². The number of ether oxygens (including phenoxy) is 1. The Bertz CT molecular complexity index is 632. The SMILES string of the molecule is Cc1ccc(C#N)c(Oc2ccc(Cl)cc2N)c1.